The van der Waals surface area contributed by atoms with Crippen LogP contribution in [0.1, 0.15) is 32.8 Å². The average molecular weight is 503 g/mol. The molecule has 5 unspecified atom stereocenters. The zero-order chi connectivity index (χ0) is 25.1. The van der Waals surface area contributed by atoms with Crippen LogP contribution in [0.25, 0.3) is 0 Å². The van der Waals surface area contributed by atoms with Crippen molar-refractivity contribution in [2.24, 2.45) is 22.2 Å². The van der Waals surface area contributed by atoms with Gasteiger partial charge in [0.2, 0.25) is 11.6 Å². The van der Waals surface area contributed by atoms with E-state index in [0.717, 1.165) is 22.8 Å². The third-order valence-corrected chi connectivity index (χ3v) is 12.4. The first-order valence-electron chi connectivity index (χ1n) is 11.9. The van der Waals surface area contributed by atoms with Gasteiger partial charge in [0.15, 0.2) is 0 Å². The number of methoxy groups -OCH3 is 1. The minimum atomic E-state index is -4.16. The summed E-state index contributed by atoms with van der Waals surface area (Å²) in [6.07, 6.45) is 2.94. The van der Waals surface area contributed by atoms with Crippen LogP contribution in [0.15, 0.2) is 51.8 Å². The van der Waals surface area contributed by atoms with Gasteiger partial charge in [0.05, 0.1) is 25.5 Å². The Morgan fingerprint density at radius 2 is 1.74 bits per heavy atom. The molecule has 0 aromatic heterocycles. The summed E-state index contributed by atoms with van der Waals surface area (Å²) < 4.78 is 45.8. The van der Waals surface area contributed by atoms with Crippen molar-refractivity contribution < 1.29 is 26.9 Å². The van der Waals surface area contributed by atoms with Crippen LogP contribution in [0, 0.1) is 29.1 Å². The molecule has 1 heterocycles. The van der Waals surface area contributed by atoms with Crippen LogP contribution in [-0.4, -0.2) is 41.8 Å². The number of Topliss-reactive ketones (excluding diaryl/α,β-unsaturated/α-hetero) is 1. The molecule has 0 radical (unpaired) electrons. The van der Waals surface area contributed by atoms with Crippen molar-refractivity contribution in [1.82, 2.24) is 0 Å². The molecule has 1 aromatic carbocycles. The zero-order valence-electron chi connectivity index (χ0n) is 21.2. The van der Waals surface area contributed by atoms with E-state index >= 15 is 0 Å². The second-order valence-electron chi connectivity index (χ2n) is 11.8. The minimum Gasteiger partial charge on any atom is -0.383 e. The van der Waals surface area contributed by atoms with Gasteiger partial charge in [0, 0.05) is 12.5 Å². The van der Waals surface area contributed by atoms with Crippen molar-refractivity contribution in [1.29, 1.82) is 0 Å². The summed E-state index contributed by atoms with van der Waals surface area (Å²) in [4.78, 5) is 14.6. The van der Waals surface area contributed by atoms with Gasteiger partial charge in [-0.3, -0.25) is 4.79 Å². The van der Waals surface area contributed by atoms with E-state index in [0.29, 0.717) is 5.76 Å². The van der Waals surface area contributed by atoms with Crippen molar-refractivity contribution in [2.45, 2.75) is 64.4 Å². The summed E-state index contributed by atoms with van der Waals surface area (Å²) in [7, 11) is -4.98. The molecular formula is C26H34O6SSi. The lowest BCUT2D eigenvalue weighted by molar-refractivity contribution is -0.247. The van der Waals surface area contributed by atoms with Crippen LogP contribution < -0.4 is 0 Å². The number of benzene rings is 1. The molecular weight excluding hydrogens is 468 g/mol. The fourth-order valence-electron chi connectivity index (χ4n) is 7.30. The second kappa shape index (κ2) is 6.72. The number of allylic oxidation sites excluding steroid dienone is 2. The largest absolute Gasteiger partial charge is 0.383 e. The van der Waals surface area contributed by atoms with Gasteiger partial charge in [0.1, 0.15) is 10.7 Å². The molecule has 4 aliphatic carbocycles. The van der Waals surface area contributed by atoms with Crippen molar-refractivity contribution in [3.63, 3.8) is 0 Å². The van der Waals surface area contributed by atoms with Gasteiger partial charge in [-0.15, -0.1) is 0 Å². The number of hydrogen-bond acceptors (Lipinski definition) is 6. The Hall–Kier alpha value is -1.74. The normalized spacial score (nSPS) is 38.9. The summed E-state index contributed by atoms with van der Waals surface area (Å²) in [5.74, 6) is -1.38. The van der Waals surface area contributed by atoms with E-state index in [4.69, 9.17) is 13.7 Å². The molecule has 2 fully saturated rings. The number of hydrogen-bond donors (Lipinski definition) is 0. The minimum absolute atomic E-state index is 0.0437. The van der Waals surface area contributed by atoms with Crippen molar-refractivity contribution in [3.05, 3.63) is 52.4 Å². The maximum Gasteiger partial charge on any atom is 0.338 e. The van der Waals surface area contributed by atoms with E-state index in [9.17, 15) is 13.2 Å². The van der Waals surface area contributed by atoms with Crippen LogP contribution >= 0.6 is 0 Å². The Balaban J connectivity index is 1.88. The van der Waals surface area contributed by atoms with Crippen molar-refractivity contribution in [2.75, 3.05) is 13.7 Å². The highest BCUT2D eigenvalue weighted by molar-refractivity contribution is 7.86. The van der Waals surface area contributed by atoms with Crippen LogP contribution in [0.3, 0.4) is 0 Å². The topological polar surface area (TPSA) is 78.9 Å². The maximum atomic E-state index is 14.5. The first-order valence-corrected chi connectivity index (χ1v) is 16.8. The second-order valence-corrected chi connectivity index (χ2v) is 18.3. The van der Waals surface area contributed by atoms with Gasteiger partial charge in [-0.2, -0.15) is 8.42 Å². The smallest absolute Gasteiger partial charge is 0.338 e. The van der Waals surface area contributed by atoms with E-state index in [1.807, 2.05) is 13.8 Å². The van der Waals surface area contributed by atoms with Gasteiger partial charge < -0.3 is 13.7 Å². The fraction of sp³-hybridized carbons (Fsp3) is 0.577. The Morgan fingerprint density at radius 1 is 1.12 bits per heavy atom. The summed E-state index contributed by atoms with van der Waals surface area (Å²) in [6.45, 7) is 14.7. The Kier molecular flexibility index (Phi) is 4.74. The lowest BCUT2D eigenvalue weighted by Crippen LogP contribution is -2.74. The molecule has 1 aliphatic heterocycles. The van der Waals surface area contributed by atoms with Crippen LogP contribution in [0.2, 0.25) is 19.6 Å². The first kappa shape index (κ1) is 24.0. The van der Waals surface area contributed by atoms with E-state index in [2.05, 4.69) is 39.6 Å². The fourth-order valence-corrected chi connectivity index (χ4v) is 11.1. The Bertz CT molecular complexity index is 1270. The molecule has 0 amide bonds. The lowest BCUT2D eigenvalue weighted by Gasteiger charge is -2.64. The molecule has 1 aromatic rings. The molecule has 8 heteroatoms. The third-order valence-electron chi connectivity index (χ3n) is 9.03. The summed E-state index contributed by atoms with van der Waals surface area (Å²) in [6, 6.07) is 6.64. The molecule has 5 atom stereocenters. The summed E-state index contributed by atoms with van der Waals surface area (Å²) in [5, 5.41) is 0.870. The molecule has 34 heavy (non-hydrogen) atoms. The number of aryl methyl sites for hydroxylation is 1. The van der Waals surface area contributed by atoms with Gasteiger partial charge in [0.25, 0.3) is 0 Å². The molecule has 1 saturated carbocycles. The van der Waals surface area contributed by atoms with Crippen LogP contribution in [0.4, 0.5) is 0 Å². The number of ether oxygens (including phenoxy) is 2. The molecule has 6 nitrogen and oxygen atoms in total. The molecule has 0 N–H and O–H groups in total. The number of rotatable bonds is 5. The van der Waals surface area contributed by atoms with Gasteiger partial charge in [-0.25, -0.2) is 0 Å². The zero-order valence-corrected chi connectivity index (χ0v) is 23.1. The van der Waals surface area contributed by atoms with Crippen molar-refractivity contribution in [3.8, 4) is 0 Å². The SMILES string of the molecule is COC12OCC3(C)C4=CCC(C)C4(C1=O)C([Si](C)(C)C)=C(OS(=O)(=O)c1ccc(C)cc1)C32C. The highest BCUT2D eigenvalue weighted by atomic mass is 32.2. The molecule has 4 bridgehead atoms. The highest BCUT2D eigenvalue weighted by Crippen LogP contribution is 2.80. The average Bonchev–Trinajstić information content (AvgIpc) is 3.18. The number of carbonyl (C=O) groups excluding carboxylic acids is 1. The number of ketones is 1. The predicted molar refractivity (Wildman–Crippen MR) is 131 cm³/mol. The standard InChI is InChI=1S/C26H34O6SSi/c1-16-9-12-18(13-10-16)33(28,29)32-20-21(34(6,7)8)25-17(2)11-14-19(25)23(3)15-31-26(30-5,22(25)27)24(20,23)4/h9-10,12-14,17H,11,15H2,1-8H3. The molecule has 6 rings (SSSR count). The maximum absolute atomic E-state index is 14.5. The highest BCUT2D eigenvalue weighted by Gasteiger charge is 2.87. The van der Waals surface area contributed by atoms with Gasteiger partial charge in [-0.05, 0) is 49.1 Å². The quantitative estimate of drug-likeness (QED) is 0.328. The Morgan fingerprint density at radius 3 is 2.29 bits per heavy atom. The van der Waals surface area contributed by atoms with E-state index in [1.165, 1.54) is 7.11 Å². The Labute approximate surface area is 203 Å². The molecule has 184 valence electrons. The van der Waals surface area contributed by atoms with E-state index in [1.54, 1.807) is 24.3 Å². The monoisotopic (exact) mass is 502 g/mol. The van der Waals surface area contributed by atoms with Gasteiger partial charge >= 0.3 is 10.1 Å². The molecule has 1 saturated heterocycles. The summed E-state index contributed by atoms with van der Waals surface area (Å²) >= 11 is 0. The molecule has 1 spiro atoms. The summed E-state index contributed by atoms with van der Waals surface area (Å²) in [5.41, 5.74) is -0.717. The van der Waals surface area contributed by atoms with Gasteiger partial charge in [-0.1, -0.05) is 57.3 Å². The predicted octanol–water partition coefficient (Wildman–Crippen LogP) is 4.77. The van der Waals surface area contributed by atoms with Crippen LogP contribution in [0.5, 0.6) is 0 Å². The molecule has 5 aliphatic rings. The van der Waals surface area contributed by atoms with Crippen LogP contribution in [-0.2, 0) is 28.6 Å². The number of carbonyl (C=O) groups is 1. The van der Waals surface area contributed by atoms with E-state index in [-0.39, 0.29) is 23.2 Å². The third kappa shape index (κ3) is 2.38. The van der Waals surface area contributed by atoms with Crippen molar-refractivity contribution >= 4 is 24.0 Å². The van der Waals surface area contributed by atoms with E-state index < -0.39 is 40.2 Å². The lowest BCUT2D eigenvalue weighted by atomic mass is 9.42. The first-order chi connectivity index (χ1) is 15.6.